The van der Waals surface area contributed by atoms with Crippen molar-refractivity contribution in [2.75, 3.05) is 7.05 Å². The number of carbonyl (C=O) groups is 1. The van der Waals surface area contributed by atoms with Gasteiger partial charge in [0.1, 0.15) is 0 Å². The van der Waals surface area contributed by atoms with Gasteiger partial charge >= 0.3 is 0 Å². The highest BCUT2D eigenvalue weighted by molar-refractivity contribution is 5.94. The zero-order chi connectivity index (χ0) is 14.5. The van der Waals surface area contributed by atoms with E-state index in [0.717, 1.165) is 24.1 Å². The Labute approximate surface area is 120 Å². The molecule has 1 atom stereocenters. The monoisotopic (exact) mass is 271 g/mol. The summed E-state index contributed by atoms with van der Waals surface area (Å²) in [4.78, 5) is 14.1. The molecule has 4 heteroatoms. The van der Waals surface area contributed by atoms with Gasteiger partial charge in [0.15, 0.2) is 0 Å². The van der Waals surface area contributed by atoms with Gasteiger partial charge in [-0.05, 0) is 37.1 Å². The van der Waals surface area contributed by atoms with Crippen molar-refractivity contribution >= 4 is 5.91 Å². The first-order valence-corrected chi connectivity index (χ1v) is 6.95. The number of amides is 1. The van der Waals surface area contributed by atoms with Crippen molar-refractivity contribution in [1.82, 2.24) is 14.7 Å². The Morgan fingerprint density at radius 2 is 2.05 bits per heavy atom. The summed E-state index contributed by atoms with van der Waals surface area (Å²) >= 11 is 0. The van der Waals surface area contributed by atoms with Crippen molar-refractivity contribution < 1.29 is 4.79 Å². The van der Waals surface area contributed by atoms with Crippen LogP contribution >= 0.6 is 0 Å². The Morgan fingerprint density at radius 3 is 2.60 bits per heavy atom. The van der Waals surface area contributed by atoms with Gasteiger partial charge in [-0.25, -0.2) is 0 Å². The van der Waals surface area contributed by atoms with Crippen LogP contribution in [0.2, 0.25) is 0 Å². The first-order chi connectivity index (χ1) is 9.61. The molecule has 0 N–H and O–H groups in total. The van der Waals surface area contributed by atoms with E-state index in [0.29, 0.717) is 0 Å². The predicted octanol–water partition coefficient (Wildman–Crippen LogP) is 2.80. The van der Waals surface area contributed by atoms with Crippen molar-refractivity contribution in [1.29, 1.82) is 0 Å². The van der Waals surface area contributed by atoms with Gasteiger partial charge in [0.25, 0.3) is 5.91 Å². The van der Waals surface area contributed by atoms with Crippen LogP contribution in [-0.4, -0.2) is 33.7 Å². The molecule has 0 spiro atoms. The summed E-state index contributed by atoms with van der Waals surface area (Å²) in [6.45, 7) is 4.87. The van der Waals surface area contributed by atoms with Gasteiger partial charge in [0.2, 0.25) is 0 Å². The first-order valence-electron chi connectivity index (χ1n) is 6.95. The minimum atomic E-state index is 0.0741. The fourth-order valence-corrected chi connectivity index (χ4v) is 2.01. The van der Waals surface area contributed by atoms with Gasteiger partial charge in [-0.3, -0.25) is 9.48 Å². The van der Waals surface area contributed by atoms with E-state index in [1.807, 2.05) is 48.3 Å². The van der Waals surface area contributed by atoms with Gasteiger partial charge in [0, 0.05) is 31.0 Å². The molecule has 0 saturated heterocycles. The molecule has 4 nitrogen and oxygen atoms in total. The zero-order valence-electron chi connectivity index (χ0n) is 12.3. The lowest BCUT2D eigenvalue weighted by Crippen LogP contribution is -2.34. The van der Waals surface area contributed by atoms with E-state index in [1.165, 1.54) is 0 Å². The Balaban J connectivity index is 2.06. The van der Waals surface area contributed by atoms with Gasteiger partial charge in [-0.2, -0.15) is 5.10 Å². The minimum Gasteiger partial charge on any atom is -0.339 e. The van der Waals surface area contributed by atoms with E-state index in [4.69, 9.17) is 0 Å². The SMILES string of the molecule is CCC(C)N(C)C(=O)c1ccc(Cn2cccn2)cc1. The average molecular weight is 271 g/mol. The summed E-state index contributed by atoms with van der Waals surface area (Å²) in [7, 11) is 1.86. The summed E-state index contributed by atoms with van der Waals surface area (Å²) < 4.78 is 1.86. The maximum atomic E-state index is 12.3. The maximum Gasteiger partial charge on any atom is 0.253 e. The summed E-state index contributed by atoms with van der Waals surface area (Å²) in [6.07, 6.45) is 4.65. The van der Waals surface area contributed by atoms with Gasteiger partial charge < -0.3 is 4.90 Å². The second-order valence-corrected chi connectivity index (χ2v) is 5.07. The number of rotatable bonds is 5. The molecular weight excluding hydrogens is 250 g/mol. The third-order valence-electron chi connectivity index (χ3n) is 3.68. The largest absolute Gasteiger partial charge is 0.339 e. The number of nitrogens with zero attached hydrogens (tertiary/aromatic N) is 3. The molecule has 20 heavy (non-hydrogen) atoms. The predicted molar refractivity (Wildman–Crippen MR) is 79.6 cm³/mol. The highest BCUT2D eigenvalue weighted by Crippen LogP contribution is 2.11. The number of aromatic nitrogens is 2. The van der Waals surface area contributed by atoms with E-state index in [1.54, 1.807) is 11.1 Å². The van der Waals surface area contributed by atoms with Crippen molar-refractivity contribution in [2.45, 2.75) is 32.9 Å². The van der Waals surface area contributed by atoms with Crippen LogP contribution in [0, 0.1) is 0 Å². The number of benzene rings is 1. The normalized spacial score (nSPS) is 12.2. The molecule has 1 heterocycles. The van der Waals surface area contributed by atoms with Gasteiger partial charge in [-0.1, -0.05) is 19.1 Å². The summed E-state index contributed by atoms with van der Waals surface area (Å²) in [5, 5.41) is 4.17. The maximum absolute atomic E-state index is 12.3. The lowest BCUT2D eigenvalue weighted by Gasteiger charge is -2.23. The second-order valence-electron chi connectivity index (χ2n) is 5.07. The van der Waals surface area contributed by atoms with E-state index in [-0.39, 0.29) is 11.9 Å². The highest BCUT2D eigenvalue weighted by Gasteiger charge is 2.15. The van der Waals surface area contributed by atoms with E-state index >= 15 is 0 Å². The Bertz CT molecular complexity index is 546. The smallest absolute Gasteiger partial charge is 0.253 e. The summed E-state index contributed by atoms with van der Waals surface area (Å²) in [5.41, 5.74) is 1.87. The molecule has 0 aliphatic rings. The topological polar surface area (TPSA) is 38.1 Å². The fraction of sp³-hybridized carbons (Fsp3) is 0.375. The molecule has 0 fully saturated rings. The van der Waals surface area contributed by atoms with Crippen LogP contribution in [0.5, 0.6) is 0 Å². The molecule has 106 valence electrons. The molecule has 1 amide bonds. The van der Waals surface area contributed by atoms with E-state index < -0.39 is 0 Å². The van der Waals surface area contributed by atoms with Gasteiger partial charge in [0.05, 0.1) is 6.54 Å². The molecule has 0 aliphatic carbocycles. The lowest BCUT2D eigenvalue weighted by molar-refractivity contribution is 0.0740. The van der Waals surface area contributed by atoms with E-state index in [9.17, 15) is 4.79 Å². The lowest BCUT2D eigenvalue weighted by atomic mass is 10.1. The molecule has 1 unspecified atom stereocenters. The number of hydrogen-bond donors (Lipinski definition) is 0. The van der Waals surface area contributed by atoms with Crippen molar-refractivity contribution in [3.05, 3.63) is 53.9 Å². The van der Waals surface area contributed by atoms with Crippen LogP contribution in [0.15, 0.2) is 42.7 Å². The van der Waals surface area contributed by atoms with Crippen molar-refractivity contribution in [3.63, 3.8) is 0 Å². The quantitative estimate of drug-likeness (QED) is 0.838. The molecular formula is C16H21N3O. The van der Waals surface area contributed by atoms with Crippen molar-refractivity contribution in [2.24, 2.45) is 0 Å². The van der Waals surface area contributed by atoms with Crippen LogP contribution in [0.1, 0.15) is 36.2 Å². The van der Waals surface area contributed by atoms with Crippen molar-refractivity contribution in [3.8, 4) is 0 Å². The molecule has 1 aromatic carbocycles. The standard InChI is InChI=1S/C16H21N3O/c1-4-13(2)18(3)16(20)15-8-6-14(7-9-15)12-19-11-5-10-17-19/h5-11,13H,4,12H2,1-3H3. The molecule has 2 aromatic rings. The molecule has 0 aliphatic heterocycles. The molecule has 1 aromatic heterocycles. The molecule has 0 radical (unpaired) electrons. The molecule has 0 bridgehead atoms. The molecule has 0 saturated carbocycles. The van der Waals surface area contributed by atoms with Crippen LogP contribution in [-0.2, 0) is 6.54 Å². The van der Waals surface area contributed by atoms with Crippen LogP contribution in [0.25, 0.3) is 0 Å². The third kappa shape index (κ3) is 3.26. The van der Waals surface area contributed by atoms with Crippen LogP contribution < -0.4 is 0 Å². The Kier molecular flexibility index (Phi) is 4.56. The highest BCUT2D eigenvalue weighted by atomic mass is 16.2. The van der Waals surface area contributed by atoms with Crippen LogP contribution in [0.4, 0.5) is 0 Å². The zero-order valence-corrected chi connectivity index (χ0v) is 12.3. The summed E-state index contributed by atoms with van der Waals surface area (Å²) in [5.74, 6) is 0.0741. The number of carbonyl (C=O) groups excluding carboxylic acids is 1. The van der Waals surface area contributed by atoms with Crippen LogP contribution in [0.3, 0.4) is 0 Å². The van der Waals surface area contributed by atoms with Gasteiger partial charge in [-0.15, -0.1) is 0 Å². The van der Waals surface area contributed by atoms with E-state index in [2.05, 4.69) is 18.9 Å². The number of hydrogen-bond acceptors (Lipinski definition) is 2. The summed E-state index contributed by atoms with van der Waals surface area (Å²) in [6, 6.07) is 9.91. The first kappa shape index (κ1) is 14.3. The fourth-order valence-electron chi connectivity index (χ4n) is 2.01. The Hall–Kier alpha value is -2.10. The third-order valence-corrected chi connectivity index (χ3v) is 3.68. The average Bonchev–Trinajstić information content (AvgIpc) is 2.98. The second kappa shape index (κ2) is 6.37. The Morgan fingerprint density at radius 1 is 1.35 bits per heavy atom. The molecule has 2 rings (SSSR count). The minimum absolute atomic E-state index is 0.0741.